The van der Waals surface area contributed by atoms with Crippen LogP contribution < -0.4 is 9.47 Å². The lowest BCUT2D eigenvalue weighted by Crippen LogP contribution is -2.22. The van der Waals surface area contributed by atoms with Crippen LogP contribution in [0, 0.1) is 5.92 Å². The standard InChI is InChI=1S/C24H18F6O8/c25-23(26,27)37-20-11-13(3-8-18(20)33)1-6-16(31)15(5-10-22(35)36)17(32)7-2-14-4-9-19(34)21(12-14)38-24(28,29)30/h1-4,6-9,11-12,15,33-34H,5,10H2,(H,35,36). The Morgan fingerprint density at radius 1 is 0.763 bits per heavy atom. The third-order valence-electron chi connectivity index (χ3n) is 4.63. The molecule has 2 aromatic carbocycles. The summed E-state index contributed by atoms with van der Waals surface area (Å²) in [4.78, 5) is 36.2. The summed E-state index contributed by atoms with van der Waals surface area (Å²) in [6, 6.07) is 5.56. The molecule has 0 aliphatic rings. The van der Waals surface area contributed by atoms with Gasteiger partial charge in [-0.25, -0.2) is 0 Å². The second-order valence-corrected chi connectivity index (χ2v) is 7.51. The van der Waals surface area contributed by atoms with Gasteiger partial charge in [0, 0.05) is 6.42 Å². The largest absolute Gasteiger partial charge is 0.573 e. The summed E-state index contributed by atoms with van der Waals surface area (Å²) in [7, 11) is 0. The lowest BCUT2D eigenvalue weighted by Gasteiger charge is -2.11. The van der Waals surface area contributed by atoms with E-state index in [4.69, 9.17) is 5.11 Å². The molecular weight excluding hydrogens is 530 g/mol. The van der Waals surface area contributed by atoms with Crippen LogP contribution in [-0.2, 0) is 14.4 Å². The predicted octanol–water partition coefficient (Wildman–Crippen LogP) is 5.24. The number of phenols is 2. The Kier molecular flexibility index (Phi) is 9.52. The Morgan fingerprint density at radius 3 is 1.50 bits per heavy atom. The van der Waals surface area contributed by atoms with Gasteiger partial charge in [0.05, 0.1) is 5.92 Å². The minimum absolute atomic E-state index is 0.0309. The van der Waals surface area contributed by atoms with Crippen molar-refractivity contribution in [2.45, 2.75) is 25.6 Å². The van der Waals surface area contributed by atoms with Crippen molar-refractivity contribution in [2.75, 3.05) is 0 Å². The van der Waals surface area contributed by atoms with Crippen molar-refractivity contribution < 1.29 is 65.5 Å². The maximum atomic E-state index is 12.6. The van der Waals surface area contributed by atoms with Crippen LogP contribution in [0.15, 0.2) is 48.6 Å². The lowest BCUT2D eigenvalue weighted by atomic mass is 9.92. The zero-order valence-corrected chi connectivity index (χ0v) is 18.9. The maximum absolute atomic E-state index is 12.6. The first-order chi connectivity index (χ1) is 17.5. The van der Waals surface area contributed by atoms with E-state index in [1.807, 2.05) is 0 Å². The van der Waals surface area contributed by atoms with Gasteiger partial charge in [0.1, 0.15) is 0 Å². The number of alkyl halides is 6. The molecule has 0 unspecified atom stereocenters. The lowest BCUT2D eigenvalue weighted by molar-refractivity contribution is -0.276. The highest BCUT2D eigenvalue weighted by atomic mass is 19.4. The number of carbonyl (C=O) groups excluding carboxylic acids is 2. The minimum Gasteiger partial charge on any atom is -0.504 e. The molecule has 0 saturated carbocycles. The van der Waals surface area contributed by atoms with Crippen molar-refractivity contribution in [3.05, 3.63) is 59.7 Å². The number of ketones is 2. The molecule has 0 fully saturated rings. The van der Waals surface area contributed by atoms with Gasteiger partial charge >= 0.3 is 18.7 Å². The molecule has 0 saturated heterocycles. The molecule has 0 radical (unpaired) electrons. The number of aromatic hydroxyl groups is 2. The molecule has 0 spiro atoms. The highest BCUT2D eigenvalue weighted by Crippen LogP contribution is 2.33. The van der Waals surface area contributed by atoms with Crippen LogP contribution in [0.2, 0.25) is 0 Å². The van der Waals surface area contributed by atoms with Crippen LogP contribution in [0.1, 0.15) is 24.0 Å². The van der Waals surface area contributed by atoms with Gasteiger partial charge in [0.25, 0.3) is 0 Å². The number of carboxylic acid groups (broad SMARTS) is 1. The zero-order chi connectivity index (χ0) is 28.7. The number of halogens is 6. The summed E-state index contributed by atoms with van der Waals surface area (Å²) in [6.45, 7) is 0. The van der Waals surface area contributed by atoms with Gasteiger partial charge < -0.3 is 24.8 Å². The van der Waals surface area contributed by atoms with Crippen LogP contribution in [-0.4, -0.2) is 45.6 Å². The minimum atomic E-state index is -5.10. The van der Waals surface area contributed by atoms with Crippen LogP contribution in [0.3, 0.4) is 0 Å². The number of benzene rings is 2. The first kappa shape index (κ1) is 29.7. The molecule has 2 aromatic rings. The van der Waals surface area contributed by atoms with Crippen molar-refractivity contribution in [1.82, 2.24) is 0 Å². The fourth-order valence-corrected chi connectivity index (χ4v) is 2.96. The second kappa shape index (κ2) is 12.2. The van der Waals surface area contributed by atoms with Crippen molar-refractivity contribution in [2.24, 2.45) is 5.92 Å². The van der Waals surface area contributed by atoms with E-state index in [0.29, 0.717) is 0 Å². The normalized spacial score (nSPS) is 13.0. The van der Waals surface area contributed by atoms with E-state index in [1.165, 1.54) is 0 Å². The number of phenolic OH excluding ortho intramolecular Hbond substituents is 2. The molecule has 8 nitrogen and oxygen atoms in total. The molecule has 0 heterocycles. The van der Waals surface area contributed by atoms with Crippen molar-refractivity contribution in [1.29, 1.82) is 0 Å². The fourth-order valence-electron chi connectivity index (χ4n) is 2.96. The SMILES string of the molecule is O=C(O)CCC(C(=O)C=Cc1ccc(O)c(OC(F)(F)F)c1)C(=O)C=Cc1ccc(O)c(OC(F)(F)F)c1. The van der Waals surface area contributed by atoms with E-state index in [0.717, 1.165) is 60.7 Å². The number of carbonyl (C=O) groups is 3. The number of allylic oxidation sites excluding steroid dienone is 2. The van der Waals surface area contributed by atoms with Gasteiger partial charge in [-0.1, -0.05) is 24.3 Å². The van der Waals surface area contributed by atoms with E-state index in [9.17, 15) is 50.9 Å². The van der Waals surface area contributed by atoms with Crippen LogP contribution in [0.5, 0.6) is 23.0 Å². The second-order valence-electron chi connectivity index (χ2n) is 7.51. The molecule has 204 valence electrons. The average Bonchev–Trinajstić information content (AvgIpc) is 2.78. The highest BCUT2D eigenvalue weighted by Gasteiger charge is 2.33. The number of ether oxygens (including phenoxy) is 2. The summed E-state index contributed by atoms with van der Waals surface area (Å²) in [5.74, 6) is -8.27. The number of hydrogen-bond acceptors (Lipinski definition) is 7. The molecule has 0 aliphatic heterocycles. The van der Waals surface area contributed by atoms with Crippen molar-refractivity contribution in [3.8, 4) is 23.0 Å². The molecule has 0 aromatic heterocycles. The third-order valence-corrected chi connectivity index (χ3v) is 4.63. The first-order valence-corrected chi connectivity index (χ1v) is 10.4. The van der Waals surface area contributed by atoms with E-state index in [1.54, 1.807) is 0 Å². The van der Waals surface area contributed by atoms with Gasteiger partial charge in [-0.2, -0.15) is 0 Å². The first-order valence-electron chi connectivity index (χ1n) is 10.4. The molecule has 3 N–H and O–H groups in total. The molecule has 0 amide bonds. The number of rotatable bonds is 11. The highest BCUT2D eigenvalue weighted by molar-refractivity contribution is 6.13. The summed E-state index contributed by atoms with van der Waals surface area (Å²) >= 11 is 0. The van der Waals surface area contributed by atoms with Crippen LogP contribution >= 0.6 is 0 Å². The number of hydrogen-bond donors (Lipinski definition) is 3. The Morgan fingerprint density at radius 2 is 1.16 bits per heavy atom. The van der Waals surface area contributed by atoms with Crippen LogP contribution in [0.25, 0.3) is 12.2 Å². The quantitative estimate of drug-likeness (QED) is 0.198. The van der Waals surface area contributed by atoms with Gasteiger partial charge in [0.2, 0.25) is 0 Å². The number of aliphatic carboxylic acids is 1. The van der Waals surface area contributed by atoms with E-state index >= 15 is 0 Å². The zero-order valence-electron chi connectivity index (χ0n) is 18.9. The van der Waals surface area contributed by atoms with Crippen molar-refractivity contribution >= 4 is 29.7 Å². The Hall–Kier alpha value is -4.49. The molecule has 38 heavy (non-hydrogen) atoms. The van der Waals surface area contributed by atoms with Gasteiger partial charge in [-0.15, -0.1) is 26.3 Å². The summed E-state index contributed by atoms with van der Waals surface area (Å²) < 4.78 is 82.1. The average molecular weight is 548 g/mol. The van der Waals surface area contributed by atoms with Gasteiger partial charge in [0.15, 0.2) is 34.6 Å². The third kappa shape index (κ3) is 9.87. The molecule has 0 bridgehead atoms. The molecular formula is C24H18F6O8. The Balaban J connectivity index is 2.25. The van der Waals surface area contributed by atoms with E-state index < -0.39 is 72.0 Å². The topological polar surface area (TPSA) is 130 Å². The summed E-state index contributed by atoms with van der Waals surface area (Å²) in [5.41, 5.74) is -0.0617. The molecule has 2 rings (SSSR count). The van der Waals surface area contributed by atoms with Gasteiger partial charge in [-0.3, -0.25) is 14.4 Å². The molecule has 0 atom stereocenters. The van der Waals surface area contributed by atoms with E-state index in [-0.39, 0.29) is 11.1 Å². The van der Waals surface area contributed by atoms with Crippen LogP contribution in [0.4, 0.5) is 26.3 Å². The fraction of sp³-hybridized carbons (Fsp3) is 0.208. The summed E-state index contributed by atoms with van der Waals surface area (Å²) in [5, 5.41) is 27.9. The van der Waals surface area contributed by atoms with E-state index in [2.05, 4.69) is 9.47 Å². The van der Waals surface area contributed by atoms with Crippen molar-refractivity contribution in [3.63, 3.8) is 0 Å². The smallest absolute Gasteiger partial charge is 0.504 e. The molecule has 14 heteroatoms. The Bertz CT molecular complexity index is 1160. The van der Waals surface area contributed by atoms with Gasteiger partial charge in [-0.05, 0) is 54.0 Å². The monoisotopic (exact) mass is 548 g/mol. The molecule has 0 aliphatic carbocycles. The maximum Gasteiger partial charge on any atom is 0.573 e. The summed E-state index contributed by atoms with van der Waals surface area (Å²) in [6.07, 6.45) is -7.61. The Labute approximate surface area is 210 Å². The number of carboxylic acids is 1. The predicted molar refractivity (Wildman–Crippen MR) is 118 cm³/mol.